The van der Waals surface area contributed by atoms with Gasteiger partial charge < -0.3 is 4.74 Å². The Balaban J connectivity index is 1.98. The van der Waals surface area contributed by atoms with E-state index in [1.807, 2.05) is 0 Å². The topological polar surface area (TPSA) is 9.23 Å². The predicted molar refractivity (Wildman–Crippen MR) is 55.8 cm³/mol. The van der Waals surface area contributed by atoms with Crippen molar-refractivity contribution >= 4 is 11.8 Å². The average Bonchev–Trinajstić information content (AvgIpc) is 2.05. The van der Waals surface area contributed by atoms with Crippen LogP contribution in [0.1, 0.15) is 33.1 Å². The Kier molecular flexibility index (Phi) is 5.08. The molecule has 1 fully saturated rings. The SMILES string of the molecule is CC(C)CCOC1CCSCC1. The summed E-state index contributed by atoms with van der Waals surface area (Å²) in [6.45, 7) is 5.47. The summed E-state index contributed by atoms with van der Waals surface area (Å²) < 4.78 is 5.78. The van der Waals surface area contributed by atoms with Crippen molar-refractivity contribution in [2.24, 2.45) is 5.92 Å². The first-order chi connectivity index (χ1) is 5.79. The molecule has 0 N–H and O–H groups in total. The van der Waals surface area contributed by atoms with Gasteiger partial charge in [-0.1, -0.05) is 13.8 Å². The van der Waals surface area contributed by atoms with Gasteiger partial charge in [-0.05, 0) is 36.7 Å². The molecule has 1 nitrogen and oxygen atoms in total. The Hall–Kier alpha value is 0.310. The molecule has 0 aromatic carbocycles. The van der Waals surface area contributed by atoms with E-state index in [-0.39, 0.29) is 0 Å². The number of rotatable bonds is 4. The lowest BCUT2D eigenvalue weighted by Crippen LogP contribution is -2.20. The first kappa shape index (κ1) is 10.4. The Labute approximate surface area is 80.3 Å². The van der Waals surface area contributed by atoms with Crippen molar-refractivity contribution in [3.63, 3.8) is 0 Å². The molecule has 0 atom stereocenters. The fourth-order valence-corrected chi connectivity index (χ4v) is 2.38. The molecule has 1 heterocycles. The summed E-state index contributed by atoms with van der Waals surface area (Å²) in [5.41, 5.74) is 0. The van der Waals surface area contributed by atoms with Crippen LogP contribution in [0.15, 0.2) is 0 Å². The van der Waals surface area contributed by atoms with E-state index < -0.39 is 0 Å². The average molecular weight is 188 g/mol. The van der Waals surface area contributed by atoms with Crippen LogP contribution in [-0.4, -0.2) is 24.2 Å². The number of hydrogen-bond acceptors (Lipinski definition) is 2. The third-order valence-electron chi connectivity index (χ3n) is 2.22. The summed E-state index contributed by atoms with van der Waals surface area (Å²) in [5.74, 6) is 3.38. The van der Waals surface area contributed by atoms with Gasteiger partial charge >= 0.3 is 0 Å². The van der Waals surface area contributed by atoms with Crippen LogP contribution >= 0.6 is 11.8 Å². The van der Waals surface area contributed by atoms with E-state index in [9.17, 15) is 0 Å². The van der Waals surface area contributed by atoms with Gasteiger partial charge in [0.05, 0.1) is 6.10 Å². The molecule has 0 radical (unpaired) electrons. The monoisotopic (exact) mass is 188 g/mol. The molecule has 1 aliphatic heterocycles. The fraction of sp³-hybridized carbons (Fsp3) is 1.00. The lowest BCUT2D eigenvalue weighted by molar-refractivity contribution is 0.0416. The maximum Gasteiger partial charge on any atom is 0.0590 e. The molecule has 12 heavy (non-hydrogen) atoms. The third-order valence-corrected chi connectivity index (χ3v) is 3.27. The van der Waals surface area contributed by atoms with Gasteiger partial charge in [-0.2, -0.15) is 11.8 Å². The molecule has 72 valence electrons. The highest BCUT2D eigenvalue weighted by molar-refractivity contribution is 7.99. The molecule has 1 rings (SSSR count). The van der Waals surface area contributed by atoms with Gasteiger partial charge in [0.1, 0.15) is 0 Å². The molecule has 2 heteroatoms. The van der Waals surface area contributed by atoms with Crippen molar-refractivity contribution in [3.8, 4) is 0 Å². The van der Waals surface area contributed by atoms with Crippen molar-refractivity contribution in [1.29, 1.82) is 0 Å². The Morgan fingerprint density at radius 2 is 2.00 bits per heavy atom. The molecule has 0 aromatic rings. The van der Waals surface area contributed by atoms with E-state index >= 15 is 0 Å². The highest BCUT2D eigenvalue weighted by atomic mass is 32.2. The summed E-state index contributed by atoms with van der Waals surface area (Å²) in [6, 6.07) is 0. The molecular weight excluding hydrogens is 168 g/mol. The van der Waals surface area contributed by atoms with E-state index in [0.717, 1.165) is 12.5 Å². The maximum atomic E-state index is 5.78. The number of hydrogen-bond donors (Lipinski definition) is 0. The second kappa shape index (κ2) is 5.87. The van der Waals surface area contributed by atoms with Crippen LogP contribution < -0.4 is 0 Å². The van der Waals surface area contributed by atoms with E-state index in [1.165, 1.54) is 30.8 Å². The molecular formula is C10H20OS. The van der Waals surface area contributed by atoms with E-state index in [1.54, 1.807) is 0 Å². The van der Waals surface area contributed by atoms with Crippen molar-refractivity contribution < 1.29 is 4.74 Å². The summed E-state index contributed by atoms with van der Waals surface area (Å²) >= 11 is 2.06. The summed E-state index contributed by atoms with van der Waals surface area (Å²) in [7, 11) is 0. The number of thioether (sulfide) groups is 1. The molecule has 1 saturated heterocycles. The molecule has 1 aliphatic rings. The highest BCUT2D eigenvalue weighted by Gasteiger charge is 2.13. The molecule has 0 aliphatic carbocycles. The van der Waals surface area contributed by atoms with Crippen LogP contribution in [0.4, 0.5) is 0 Å². The smallest absolute Gasteiger partial charge is 0.0590 e. The first-order valence-electron chi connectivity index (χ1n) is 4.98. The Morgan fingerprint density at radius 3 is 2.58 bits per heavy atom. The largest absolute Gasteiger partial charge is 0.378 e. The Morgan fingerprint density at radius 1 is 1.33 bits per heavy atom. The molecule has 0 bridgehead atoms. The van der Waals surface area contributed by atoms with Crippen LogP contribution in [0.25, 0.3) is 0 Å². The van der Waals surface area contributed by atoms with Gasteiger partial charge in [-0.25, -0.2) is 0 Å². The fourth-order valence-electron chi connectivity index (χ4n) is 1.31. The van der Waals surface area contributed by atoms with Crippen molar-refractivity contribution in [1.82, 2.24) is 0 Å². The standard InChI is InChI=1S/C10H20OS/c1-9(2)3-6-11-10-4-7-12-8-5-10/h9-10H,3-8H2,1-2H3. The van der Waals surface area contributed by atoms with Gasteiger partial charge in [0.25, 0.3) is 0 Å². The lowest BCUT2D eigenvalue weighted by Gasteiger charge is -2.22. The second-order valence-electron chi connectivity index (χ2n) is 3.87. The van der Waals surface area contributed by atoms with Crippen molar-refractivity contribution in [2.75, 3.05) is 18.1 Å². The van der Waals surface area contributed by atoms with Crippen LogP contribution in [0.5, 0.6) is 0 Å². The highest BCUT2D eigenvalue weighted by Crippen LogP contribution is 2.19. The summed E-state index contributed by atoms with van der Waals surface area (Å²) in [5, 5.41) is 0. The molecule has 0 spiro atoms. The minimum absolute atomic E-state index is 0.574. The minimum Gasteiger partial charge on any atom is -0.378 e. The zero-order valence-corrected chi connectivity index (χ0v) is 9.03. The summed E-state index contributed by atoms with van der Waals surface area (Å²) in [6.07, 6.45) is 4.32. The predicted octanol–water partition coefficient (Wildman–Crippen LogP) is 2.94. The van der Waals surface area contributed by atoms with E-state index in [4.69, 9.17) is 4.74 Å². The summed E-state index contributed by atoms with van der Waals surface area (Å²) in [4.78, 5) is 0. The van der Waals surface area contributed by atoms with Crippen LogP contribution in [0.2, 0.25) is 0 Å². The molecule has 0 unspecified atom stereocenters. The minimum atomic E-state index is 0.574. The molecule has 0 amide bonds. The van der Waals surface area contributed by atoms with Gasteiger partial charge in [0.2, 0.25) is 0 Å². The lowest BCUT2D eigenvalue weighted by atomic mass is 10.1. The molecule has 0 saturated carbocycles. The maximum absolute atomic E-state index is 5.78. The van der Waals surface area contributed by atoms with Gasteiger partial charge in [0.15, 0.2) is 0 Å². The normalized spacial score (nSPS) is 20.2. The molecule has 0 aromatic heterocycles. The number of ether oxygens (including phenoxy) is 1. The zero-order chi connectivity index (χ0) is 8.81. The first-order valence-corrected chi connectivity index (χ1v) is 6.14. The van der Waals surface area contributed by atoms with Crippen molar-refractivity contribution in [2.45, 2.75) is 39.2 Å². The van der Waals surface area contributed by atoms with Gasteiger partial charge in [0, 0.05) is 6.61 Å². The van der Waals surface area contributed by atoms with E-state index in [0.29, 0.717) is 6.10 Å². The van der Waals surface area contributed by atoms with Crippen molar-refractivity contribution in [3.05, 3.63) is 0 Å². The third kappa shape index (κ3) is 4.36. The van der Waals surface area contributed by atoms with Crippen LogP contribution in [0, 0.1) is 5.92 Å². The van der Waals surface area contributed by atoms with Crippen LogP contribution in [-0.2, 0) is 4.74 Å². The van der Waals surface area contributed by atoms with Gasteiger partial charge in [-0.15, -0.1) is 0 Å². The second-order valence-corrected chi connectivity index (χ2v) is 5.09. The van der Waals surface area contributed by atoms with Gasteiger partial charge in [-0.3, -0.25) is 0 Å². The van der Waals surface area contributed by atoms with Crippen LogP contribution in [0.3, 0.4) is 0 Å². The quantitative estimate of drug-likeness (QED) is 0.671. The Bertz CT molecular complexity index is 108. The zero-order valence-electron chi connectivity index (χ0n) is 8.21. The van der Waals surface area contributed by atoms with E-state index in [2.05, 4.69) is 25.6 Å².